The summed E-state index contributed by atoms with van der Waals surface area (Å²) in [5, 5.41) is 3.44. The highest BCUT2D eigenvalue weighted by atomic mass is 32.2. The average molecular weight is 296 g/mol. The first-order valence-corrected chi connectivity index (χ1v) is 9.24. The smallest absolute Gasteiger partial charge is 0.148 e. The third-order valence-corrected chi connectivity index (χ3v) is 4.79. The van der Waals surface area contributed by atoms with Gasteiger partial charge in [0.2, 0.25) is 0 Å². The summed E-state index contributed by atoms with van der Waals surface area (Å²) in [5.74, 6) is 0.214. The SMILES string of the molecule is CC(CS(C)(=O)=O)NC1CCN(c2ccccc2)CC1. The summed E-state index contributed by atoms with van der Waals surface area (Å²) in [5.41, 5.74) is 1.27. The molecule has 1 heterocycles. The van der Waals surface area contributed by atoms with Crippen molar-refractivity contribution in [1.29, 1.82) is 0 Å². The molecule has 112 valence electrons. The van der Waals surface area contributed by atoms with Crippen molar-refractivity contribution in [1.82, 2.24) is 5.32 Å². The molecule has 0 aliphatic carbocycles. The van der Waals surface area contributed by atoms with Crippen molar-refractivity contribution in [2.24, 2.45) is 0 Å². The molecule has 1 aromatic rings. The number of nitrogens with one attached hydrogen (secondary N) is 1. The second-order valence-electron chi connectivity index (χ2n) is 5.76. The summed E-state index contributed by atoms with van der Waals surface area (Å²) < 4.78 is 22.5. The van der Waals surface area contributed by atoms with E-state index in [1.807, 2.05) is 13.0 Å². The lowest BCUT2D eigenvalue weighted by molar-refractivity contribution is 0.387. The van der Waals surface area contributed by atoms with Crippen LogP contribution in [-0.2, 0) is 9.84 Å². The van der Waals surface area contributed by atoms with Gasteiger partial charge in [-0.05, 0) is 31.9 Å². The number of para-hydroxylation sites is 1. The molecule has 1 N–H and O–H groups in total. The minimum absolute atomic E-state index is 0.0262. The molecule has 1 aromatic carbocycles. The van der Waals surface area contributed by atoms with E-state index in [1.54, 1.807) is 0 Å². The van der Waals surface area contributed by atoms with Crippen molar-refractivity contribution in [2.75, 3.05) is 30.0 Å². The molecule has 0 spiro atoms. The summed E-state index contributed by atoms with van der Waals surface area (Å²) in [6.45, 7) is 3.99. The van der Waals surface area contributed by atoms with Crippen LogP contribution < -0.4 is 10.2 Å². The molecule has 0 aromatic heterocycles. The zero-order valence-corrected chi connectivity index (χ0v) is 13.1. The molecule has 1 atom stereocenters. The van der Waals surface area contributed by atoms with Gasteiger partial charge in [0.25, 0.3) is 0 Å². The van der Waals surface area contributed by atoms with Crippen LogP contribution in [0.15, 0.2) is 30.3 Å². The zero-order chi connectivity index (χ0) is 14.6. The molecule has 1 aliphatic heterocycles. The van der Waals surface area contributed by atoms with Gasteiger partial charge in [-0.25, -0.2) is 8.42 Å². The van der Waals surface area contributed by atoms with Gasteiger partial charge < -0.3 is 10.2 Å². The lowest BCUT2D eigenvalue weighted by Gasteiger charge is -2.35. The Morgan fingerprint density at radius 2 is 1.85 bits per heavy atom. The van der Waals surface area contributed by atoms with Gasteiger partial charge in [-0.15, -0.1) is 0 Å². The van der Waals surface area contributed by atoms with E-state index < -0.39 is 9.84 Å². The summed E-state index contributed by atoms with van der Waals surface area (Å²) in [6.07, 6.45) is 3.41. The number of sulfone groups is 1. The zero-order valence-electron chi connectivity index (χ0n) is 12.2. The Hall–Kier alpha value is -1.07. The number of nitrogens with zero attached hydrogens (tertiary/aromatic N) is 1. The van der Waals surface area contributed by atoms with Crippen LogP contribution in [0.4, 0.5) is 5.69 Å². The predicted molar refractivity (Wildman–Crippen MR) is 84.0 cm³/mol. The normalized spacial score (nSPS) is 19.0. The molecule has 0 bridgehead atoms. The molecular formula is C15H24N2O2S. The van der Waals surface area contributed by atoms with Gasteiger partial charge in [0.1, 0.15) is 9.84 Å². The Morgan fingerprint density at radius 1 is 1.25 bits per heavy atom. The second kappa shape index (κ2) is 6.59. The maximum absolute atomic E-state index is 11.3. The molecule has 0 saturated carbocycles. The van der Waals surface area contributed by atoms with Gasteiger partial charge in [0, 0.05) is 37.1 Å². The van der Waals surface area contributed by atoms with Crippen molar-refractivity contribution in [3.05, 3.63) is 30.3 Å². The van der Waals surface area contributed by atoms with Crippen molar-refractivity contribution >= 4 is 15.5 Å². The summed E-state index contributed by atoms with van der Waals surface area (Å²) in [7, 11) is -2.90. The Kier molecular flexibility index (Phi) is 5.05. The molecule has 1 unspecified atom stereocenters. The van der Waals surface area contributed by atoms with Gasteiger partial charge in [0.05, 0.1) is 5.75 Å². The number of hydrogen-bond acceptors (Lipinski definition) is 4. The molecule has 1 saturated heterocycles. The predicted octanol–water partition coefficient (Wildman–Crippen LogP) is 1.68. The topological polar surface area (TPSA) is 49.4 Å². The van der Waals surface area contributed by atoms with Crippen molar-refractivity contribution in [2.45, 2.75) is 31.8 Å². The maximum atomic E-state index is 11.3. The molecule has 2 rings (SSSR count). The van der Waals surface area contributed by atoms with E-state index in [0.29, 0.717) is 6.04 Å². The minimum atomic E-state index is -2.90. The highest BCUT2D eigenvalue weighted by Crippen LogP contribution is 2.19. The fourth-order valence-corrected chi connectivity index (χ4v) is 3.85. The molecule has 1 aliphatic rings. The Labute approximate surface area is 122 Å². The summed E-state index contributed by atoms with van der Waals surface area (Å²) in [6, 6.07) is 10.9. The standard InChI is InChI=1S/C15H24N2O2S/c1-13(12-20(2,18)19)16-14-8-10-17(11-9-14)15-6-4-3-5-7-15/h3-7,13-14,16H,8-12H2,1-2H3. The van der Waals surface area contributed by atoms with Gasteiger partial charge in [-0.3, -0.25) is 0 Å². The largest absolute Gasteiger partial charge is 0.371 e. The quantitative estimate of drug-likeness (QED) is 0.898. The molecule has 4 nitrogen and oxygen atoms in total. The van der Waals surface area contributed by atoms with E-state index in [-0.39, 0.29) is 11.8 Å². The second-order valence-corrected chi connectivity index (χ2v) is 7.94. The van der Waals surface area contributed by atoms with Crippen molar-refractivity contribution in [3.63, 3.8) is 0 Å². The molecule has 5 heteroatoms. The van der Waals surface area contributed by atoms with E-state index in [2.05, 4.69) is 34.5 Å². The third-order valence-electron chi connectivity index (χ3n) is 3.69. The summed E-state index contributed by atoms with van der Waals surface area (Å²) in [4.78, 5) is 2.39. The van der Waals surface area contributed by atoms with Crippen LogP contribution >= 0.6 is 0 Å². The van der Waals surface area contributed by atoms with Gasteiger partial charge in [-0.2, -0.15) is 0 Å². The lowest BCUT2D eigenvalue weighted by atomic mass is 10.0. The first-order chi connectivity index (χ1) is 9.44. The van der Waals surface area contributed by atoms with E-state index in [0.717, 1.165) is 25.9 Å². The highest BCUT2D eigenvalue weighted by Gasteiger charge is 2.21. The van der Waals surface area contributed by atoms with Crippen LogP contribution in [0.5, 0.6) is 0 Å². The number of piperidine rings is 1. The van der Waals surface area contributed by atoms with Gasteiger partial charge >= 0.3 is 0 Å². The first-order valence-electron chi connectivity index (χ1n) is 7.18. The molecule has 1 fully saturated rings. The number of anilines is 1. The maximum Gasteiger partial charge on any atom is 0.148 e. The van der Waals surface area contributed by atoms with Crippen molar-refractivity contribution < 1.29 is 8.42 Å². The van der Waals surface area contributed by atoms with Gasteiger partial charge in [0.15, 0.2) is 0 Å². The number of rotatable bonds is 5. The van der Waals surface area contributed by atoms with Crippen LogP contribution in [0.25, 0.3) is 0 Å². The highest BCUT2D eigenvalue weighted by molar-refractivity contribution is 7.90. The van der Waals surface area contributed by atoms with E-state index in [1.165, 1.54) is 11.9 Å². The molecule has 20 heavy (non-hydrogen) atoms. The average Bonchev–Trinajstić information content (AvgIpc) is 2.38. The van der Waals surface area contributed by atoms with Gasteiger partial charge in [-0.1, -0.05) is 18.2 Å². The first kappa shape index (κ1) is 15.3. The van der Waals surface area contributed by atoms with E-state index in [4.69, 9.17) is 0 Å². The molecule has 0 amide bonds. The molecular weight excluding hydrogens is 272 g/mol. The lowest BCUT2D eigenvalue weighted by Crippen LogP contribution is -2.47. The summed E-state index contributed by atoms with van der Waals surface area (Å²) >= 11 is 0. The monoisotopic (exact) mass is 296 g/mol. The van der Waals surface area contributed by atoms with E-state index >= 15 is 0 Å². The third kappa shape index (κ3) is 4.80. The molecule has 0 radical (unpaired) electrons. The van der Waals surface area contributed by atoms with E-state index in [9.17, 15) is 8.42 Å². The van der Waals surface area contributed by atoms with Crippen LogP contribution in [0, 0.1) is 0 Å². The minimum Gasteiger partial charge on any atom is -0.371 e. The van der Waals surface area contributed by atoms with Crippen LogP contribution in [0.2, 0.25) is 0 Å². The van der Waals surface area contributed by atoms with Crippen molar-refractivity contribution in [3.8, 4) is 0 Å². The number of hydrogen-bond donors (Lipinski definition) is 1. The Bertz CT molecular complexity index is 508. The Morgan fingerprint density at radius 3 is 2.40 bits per heavy atom. The Balaban J connectivity index is 1.80. The fourth-order valence-electron chi connectivity index (χ4n) is 2.85. The number of benzene rings is 1. The van der Waals surface area contributed by atoms with Crippen LogP contribution in [-0.4, -0.2) is 45.6 Å². The van der Waals surface area contributed by atoms with Crippen LogP contribution in [0.1, 0.15) is 19.8 Å². The van der Waals surface area contributed by atoms with Crippen LogP contribution in [0.3, 0.4) is 0 Å². The fraction of sp³-hybridized carbons (Fsp3) is 0.600.